The number of carbonyl (C=O) groups is 2. The minimum absolute atomic E-state index is 0.213. The van der Waals surface area contributed by atoms with E-state index in [0.717, 1.165) is 30.0 Å². The maximum Gasteiger partial charge on any atom is 0.326 e. The molecule has 0 aliphatic carbocycles. The Morgan fingerprint density at radius 1 is 1.30 bits per heavy atom. The lowest BCUT2D eigenvalue weighted by atomic mass is 10.0. The molecule has 0 radical (unpaired) electrons. The van der Waals surface area contributed by atoms with Crippen LogP contribution < -0.4 is 4.90 Å². The Balaban J connectivity index is 1.60. The molecule has 0 bridgehead atoms. The monoisotopic (exact) mass is 370 g/mol. The lowest BCUT2D eigenvalue weighted by Gasteiger charge is -2.33. The molecule has 0 saturated carbocycles. The number of aromatic amines is 1. The Morgan fingerprint density at radius 2 is 2.07 bits per heavy atom. The largest absolute Gasteiger partial charge is 0.480 e. The molecule has 8 nitrogen and oxygen atoms in total. The lowest BCUT2D eigenvalue weighted by molar-refractivity contribution is -0.142. The van der Waals surface area contributed by atoms with E-state index < -0.39 is 12.0 Å². The van der Waals surface area contributed by atoms with Gasteiger partial charge in [0.15, 0.2) is 0 Å². The molecule has 0 unspecified atom stereocenters. The first-order valence-electron chi connectivity index (χ1n) is 9.03. The summed E-state index contributed by atoms with van der Waals surface area (Å²) in [7, 11) is 0. The average Bonchev–Trinajstić information content (AvgIpc) is 3.14. The van der Waals surface area contributed by atoms with Crippen molar-refractivity contribution in [3.8, 4) is 0 Å². The van der Waals surface area contributed by atoms with Gasteiger partial charge in [-0.05, 0) is 30.7 Å². The van der Waals surface area contributed by atoms with E-state index in [-0.39, 0.29) is 18.9 Å². The zero-order chi connectivity index (χ0) is 19.0. The maximum absolute atomic E-state index is 13.1. The Labute approximate surface area is 156 Å². The van der Waals surface area contributed by atoms with Crippen molar-refractivity contribution >= 4 is 17.6 Å². The number of aromatic nitrogens is 2. The maximum atomic E-state index is 13.1. The SMILES string of the molecule is Cc1cc(C(=O)N2Cc3[nH]cnc3C[C@@H]2C(=O)O)ccc1N1CCOCC1. The third-order valence-corrected chi connectivity index (χ3v) is 5.24. The summed E-state index contributed by atoms with van der Waals surface area (Å²) in [5.41, 5.74) is 4.08. The minimum atomic E-state index is -1.02. The van der Waals surface area contributed by atoms with E-state index in [0.29, 0.717) is 24.5 Å². The summed E-state index contributed by atoms with van der Waals surface area (Å²) in [5, 5.41) is 9.59. The van der Waals surface area contributed by atoms with Crippen LogP contribution >= 0.6 is 0 Å². The second kappa shape index (κ2) is 7.03. The number of carbonyl (C=O) groups excluding carboxylic acids is 1. The summed E-state index contributed by atoms with van der Waals surface area (Å²) >= 11 is 0. The van der Waals surface area contributed by atoms with E-state index in [1.54, 1.807) is 12.4 Å². The van der Waals surface area contributed by atoms with Crippen LogP contribution in [-0.4, -0.2) is 64.2 Å². The fourth-order valence-corrected chi connectivity index (χ4v) is 3.78. The zero-order valence-electron chi connectivity index (χ0n) is 15.1. The highest BCUT2D eigenvalue weighted by Crippen LogP contribution is 2.26. The molecule has 3 heterocycles. The fraction of sp³-hybridized carbons (Fsp3) is 0.421. The van der Waals surface area contributed by atoms with Crippen molar-refractivity contribution in [1.29, 1.82) is 0 Å². The average molecular weight is 370 g/mol. The lowest BCUT2D eigenvalue weighted by Crippen LogP contribution is -2.48. The fourth-order valence-electron chi connectivity index (χ4n) is 3.78. The van der Waals surface area contributed by atoms with Crippen molar-refractivity contribution in [2.45, 2.75) is 25.9 Å². The van der Waals surface area contributed by atoms with Gasteiger partial charge in [-0.3, -0.25) is 4.79 Å². The number of fused-ring (bicyclic) bond motifs is 1. The summed E-state index contributed by atoms with van der Waals surface area (Å²) < 4.78 is 5.39. The van der Waals surface area contributed by atoms with Crippen LogP contribution in [0.4, 0.5) is 5.69 Å². The van der Waals surface area contributed by atoms with Gasteiger partial charge in [0.05, 0.1) is 37.5 Å². The van der Waals surface area contributed by atoms with Gasteiger partial charge in [0.2, 0.25) is 0 Å². The standard InChI is InChI=1S/C19H22N4O4/c1-12-8-13(2-3-16(12)22-4-6-27-7-5-22)18(24)23-10-15-14(20-11-21-15)9-17(23)19(25)26/h2-3,8,11,17H,4-7,9-10H2,1H3,(H,20,21)(H,25,26)/t17-/m1/s1. The highest BCUT2D eigenvalue weighted by atomic mass is 16.5. The van der Waals surface area contributed by atoms with Crippen molar-refractivity contribution in [2.24, 2.45) is 0 Å². The molecule has 0 spiro atoms. The number of carboxylic acid groups (broad SMARTS) is 1. The Kier molecular flexibility index (Phi) is 4.57. The second-order valence-corrected chi connectivity index (χ2v) is 6.92. The van der Waals surface area contributed by atoms with Crippen molar-refractivity contribution in [3.63, 3.8) is 0 Å². The van der Waals surface area contributed by atoms with Gasteiger partial charge in [-0.1, -0.05) is 0 Å². The van der Waals surface area contributed by atoms with E-state index in [1.807, 2.05) is 19.1 Å². The van der Waals surface area contributed by atoms with Gasteiger partial charge < -0.3 is 24.6 Å². The number of benzene rings is 1. The first-order valence-corrected chi connectivity index (χ1v) is 9.03. The van der Waals surface area contributed by atoms with Crippen LogP contribution in [0.2, 0.25) is 0 Å². The van der Waals surface area contributed by atoms with Gasteiger partial charge in [0, 0.05) is 30.8 Å². The van der Waals surface area contributed by atoms with Crippen LogP contribution in [0.15, 0.2) is 24.5 Å². The molecule has 27 heavy (non-hydrogen) atoms. The van der Waals surface area contributed by atoms with Crippen LogP contribution in [-0.2, 0) is 22.5 Å². The molecule has 8 heteroatoms. The number of hydrogen-bond donors (Lipinski definition) is 2. The van der Waals surface area contributed by atoms with E-state index in [2.05, 4.69) is 14.9 Å². The third kappa shape index (κ3) is 3.28. The molecule has 1 aromatic carbocycles. The Bertz CT molecular complexity index is 872. The molecule has 2 aliphatic rings. The molecular formula is C19H22N4O4. The predicted octanol–water partition coefficient (Wildman–Crippen LogP) is 1.21. The topological polar surface area (TPSA) is 98.8 Å². The quantitative estimate of drug-likeness (QED) is 0.843. The molecule has 2 aliphatic heterocycles. The van der Waals surface area contributed by atoms with E-state index in [4.69, 9.17) is 4.74 Å². The molecule has 142 valence electrons. The van der Waals surface area contributed by atoms with E-state index >= 15 is 0 Å². The van der Waals surface area contributed by atoms with Crippen LogP contribution in [0.25, 0.3) is 0 Å². The number of imidazole rings is 1. The molecule has 4 rings (SSSR count). The van der Waals surface area contributed by atoms with Crippen LogP contribution in [0, 0.1) is 6.92 Å². The molecule has 2 aromatic rings. The number of morpholine rings is 1. The first kappa shape index (κ1) is 17.5. The van der Waals surface area contributed by atoms with Crippen molar-refractivity contribution in [2.75, 3.05) is 31.2 Å². The number of nitrogens with zero attached hydrogens (tertiary/aromatic N) is 3. The van der Waals surface area contributed by atoms with E-state index in [1.165, 1.54) is 4.90 Å². The van der Waals surface area contributed by atoms with Crippen molar-refractivity contribution < 1.29 is 19.4 Å². The van der Waals surface area contributed by atoms with Crippen LogP contribution in [0.5, 0.6) is 0 Å². The van der Waals surface area contributed by atoms with Gasteiger partial charge in [0.1, 0.15) is 6.04 Å². The Hall–Kier alpha value is -2.87. The molecular weight excluding hydrogens is 348 g/mol. The van der Waals surface area contributed by atoms with Crippen molar-refractivity contribution in [1.82, 2.24) is 14.9 Å². The van der Waals surface area contributed by atoms with E-state index in [9.17, 15) is 14.7 Å². The Morgan fingerprint density at radius 3 is 2.78 bits per heavy atom. The molecule has 1 fully saturated rings. The molecule has 1 atom stereocenters. The summed E-state index contributed by atoms with van der Waals surface area (Å²) in [4.78, 5) is 35.6. The summed E-state index contributed by atoms with van der Waals surface area (Å²) in [6.45, 7) is 5.23. The highest BCUT2D eigenvalue weighted by molar-refractivity contribution is 5.97. The molecule has 1 saturated heterocycles. The minimum Gasteiger partial charge on any atom is -0.480 e. The molecule has 1 aromatic heterocycles. The number of anilines is 1. The van der Waals surface area contributed by atoms with Crippen LogP contribution in [0.3, 0.4) is 0 Å². The number of aliphatic carboxylic acids is 1. The van der Waals surface area contributed by atoms with Crippen LogP contribution in [0.1, 0.15) is 27.3 Å². The second-order valence-electron chi connectivity index (χ2n) is 6.92. The number of carboxylic acids is 1. The predicted molar refractivity (Wildman–Crippen MR) is 97.8 cm³/mol. The van der Waals surface area contributed by atoms with Gasteiger partial charge in [-0.2, -0.15) is 0 Å². The van der Waals surface area contributed by atoms with Gasteiger partial charge in [-0.15, -0.1) is 0 Å². The number of rotatable bonds is 3. The van der Waals surface area contributed by atoms with Gasteiger partial charge >= 0.3 is 5.97 Å². The molecule has 1 amide bonds. The summed E-state index contributed by atoms with van der Waals surface area (Å²) in [6, 6.07) is 4.65. The zero-order valence-corrected chi connectivity index (χ0v) is 15.1. The third-order valence-electron chi connectivity index (χ3n) is 5.24. The smallest absolute Gasteiger partial charge is 0.326 e. The number of hydrogen-bond acceptors (Lipinski definition) is 5. The number of amides is 1. The first-order chi connectivity index (χ1) is 13.0. The highest BCUT2D eigenvalue weighted by Gasteiger charge is 2.36. The summed E-state index contributed by atoms with van der Waals surface area (Å²) in [5.74, 6) is -1.29. The number of nitrogens with one attached hydrogen (secondary N) is 1. The number of aryl methyl sites for hydroxylation is 1. The number of H-pyrrole nitrogens is 1. The van der Waals surface area contributed by atoms with Crippen molar-refractivity contribution in [3.05, 3.63) is 47.0 Å². The summed E-state index contributed by atoms with van der Waals surface area (Å²) in [6.07, 6.45) is 1.75. The normalized spacial score (nSPS) is 19.7. The molecule has 2 N–H and O–H groups in total. The van der Waals surface area contributed by atoms with Gasteiger partial charge in [-0.25, -0.2) is 9.78 Å². The van der Waals surface area contributed by atoms with Gasteiger partial charge in [0.25, 0.3) is 5.91 Å². The number of ether oxygens (including phenoxy) is 1.